The van der Waals surface area contributed by atoms with Crippen molar-refractivity contribution in [2.45, 2.75) is 36.7 Å². The Morgan fingerprint density at radius 1 is 1.21 bits per heavy atom. The number of ketones is 2. The third kappa shape index (κ3) is 1.18. The fourth-order valence-corrected chi connectivity index (χ4v) is 4.10. The summed E-state index contributed by atoms with van der Waals surface area (Å²) in [5, 5.41) is 0.368. The number of allylic oxidation sites excluding steroid dienone is 1. The molecule has 3 heteroatoms. The molecular weight excluding hydrogens is 196 g/mol. The quantitative estimate of drug-likeness (QED) is 0.516. The van der Waals surface area contributed by atoms with E-state index in [0.717, 1.165) is 12.8 Å². The predicted molar refractivity (Wildman–Crippen MR) is 57.3 cm³/mol. The molecule has 0 aromatic carbocycles. The highest BCUT2D eigenvalue weighted by atomic mass is 32.2. The first-order valence-corrected chi connectivity index (χ1v) is 5.83. The van der Waals surface area contributed by atoms with Gasteiger partial charge in [0, 0.05) is 11.2 Å². The van der Waals surface area contributed by atoms with Gasteiger partial charge >= 0.3 is 0 Å². The molecule has 0 N–H and O–H groups in total. The Bertz CT molecular complexity index is 305. The average Bonchev–Trinajstić information content (AvgIpc) is 2.18. The number of carbonyl (C=O) groups excluding carboxylic acids is 2. The fourth-order valence-electron chi connectivity index (χ4n) is 2.49. The van der Waals surface area contributed by atoms with Crippen LogP contribution in [0.2, 0.25) is 0 Å². The van der Waals surface area contributed by atoms with E-state index in [9.17, 15) is 9.59 Å². The molecular formula is C11H14O2S. The second kappa shape index (κ2) is 3.23. The molecule has 1 fully saturated rings. The molecule has 2 aliphatic heterocycles. The molecule has 0 aromatic heterocycles. The summed E-state index contributed by atoms with van der Waals surface area (Å²) < 4.78 is -0.752. The van der Waals surface area contributed by atoms with E-state index < -0.39 is 4.75 Å². The maximum Gasteiger partial charge on any atom is 0.153 e. The van der Waals surface area contributed by atoms with Gasteiger partial charge in [-0.15, -0.1) is 11.8 Å². The maximum atomic E-state index is 11.7. The first-order valence-electron chi connectivity index (χ1n) is 4.95. The molecule has 2 unspecified atom stereocenters. The van der Waals surface area contributed by atoms with E-state index in [1.165, 1.54) is 0 Å². The summed E-state index contributed by atoms with van der Waals surface area (Å²) in [6.07, 6.45) is 6.29. The highest BCUT2D eigenvalue weighted by Crippen LogP contribution is 2.50. The topological polar surface area (TPSA) is 34.1 Å². The Balaban J connectivity index is 2.43. The van der Waals surface area contributed by atoms with E-state index in [2.05, 4.69) is 12.2 Å². The van der Waals surface area contributed by atoms with Gasteiger partial charge in [0.25, 0.3) is 0 Å². The SMILES string of the molecule is CC(=O)C1(C(C)=O)SC2C=CC1CC2. The van der Waals surface area contributed by atoms with Gasteiger partial charge in [-0.05, 0) is 26.7 Å². The summed E-state index contributed by atoms with van der Waals surface area (Å²) in [6, 6.07) is 0. The lowest BCUT2D eigenvalue weighted by molar-refractivity contribution is -0.129. The first kappa shape index (κ1) is 9.97. The Hall–Kier alpha value is -0.570. The number of Topliss-reactive ketones (excluding diaryl/α,β-unsaturated/α-hetero) is 2. The normalized spacial score (nSPS) is 33.0. The zero-order chi connectivity index (χ0) is 10.3. The Morgan fingerprint density at radius 2 is 1.86 bits per heavy atom. The van der Waals surface area contributed by atoms with Crippen LogP contribution in [0.1, 0.15) is 26.7 Å². The van der Waals surface area contributed by atoms with Gasteiger partial charge in [-0.25, -0.2) is 0 Å². The third-order valence-electron chi connectivity index (χ3n) is 3.23. The van der Waals surface area contributed by atoms with E-state index in [0.29, 0.717) is 5.25 Å². The van der Waals surface area contributed by atoms with Crippen LogP contribution in [-0.4, -0.2) is 21.6 Å². The predicted octanol–water partition coefficient (Wildman–Crippen LogP) is 1.98. The van der Waals surface area contributed by atoms with Crippen LogP contribution in [-0.2, 0) is 9.59 Å². The van der Waals surface area contributed by atoms with Gasteiger partial charge in [0.15, 0.2) is 11.6 Å². The van der Waals surface area contributed by atoms with Gasteiger partial charge in [0.2, 0.25) is 0 Å². The number of hydrogen-bond acceptors (Lipinski definition) is 3. The molecule has 2 atom stereocenters. The van der Waals surface area contributed by atoms with E-state index in [4.69, 9.17) is 0 Å². The van der Waals surface area contributed by atoms with Gasteiger partial charge in [0.05, 0.1) is 0 Å². The Kier molecular flexibility index (Phi) is 2.30. The minimum atomic E-state index is -0.752. The van der Waals surface area contributed by atoms with Crippen LogP contribution in [0.4, 0.5) is 0 Å². The van der Waals surface area contributed by atoms with Crippen LogP contribution in [0.25, 0.3) is 0 Å². The molecule has 76 valence electrons. The summed E-state index contributed by atoms with van der Waals surface area (Å²) in [4.78, 5) is 23.4. The molecule has 2 heterocycles. The second-order valence-electron chi connectivity index (χ2n) is 4.07. The van der Waals surface area contributed by atoms with Crippen LogP contribution in [0.3, 0.4) is 0 Å². The summed E-state index contributed by atoms with van der Waals surface area (Å²) in [6.45, 7) is 3.09. The van der Waals surface area contributed by atoms with Crippen LogP contribution in [0.5, 0.6) is 0 Å². The van der Waals surface area contributed by atoms with E-state index in [1.807, 2.05) is 0 Å². The van der Waals surface area contributed by atoms with Crippen molar-refractivity contribution >= 4 is 23.3 Å². The van der Waals surface area contributed by atoms with E-state index >= 15 is 0 Å². The standard InChI is InChI=1S/C11H14O2S/c1-7(12)11(8(2)13)9-3-5-10(14-11)6-4-9/h3,5,9-10H,4,6H2,1-2H3. The van der Waals surface area contributed by atoms with Gasteiger partial charge in [-0.2, -0.15) is 0 Å². The van der Waals surface area contributed by atoms with Crippen molar-refractivity contribution in [1.29, 1.82) is 0 Å². The molecule has 0 radical (unpaired) electrons. The Morgan fingerprint density at radius 3 is 2.07 bits per heavy atom. The summed E-state index contributed by atoms with van der Waals surface area (Å²) >= 11 is 1.56. The first-order chi connectivity index (χ1) is 6.57. The number of carbonyl (C=O) groups is 2. The number of fused-ring (bicyclic) bond motifs is 2. The molecule has 0 aromatic rings. The van der Waals surface area contributed by atoms with Gasteiger partial charge < -0.3 is 0 Å². The highest BCUT2D eigenvalue weighted by molar-refractivity contribution is 8.03. The Labute approximate surface area is 88.1 Å². The summed E-state index contributed by atoms with van der Waals surface area (Å²) in [5.74, 6) is 0.176. The van der Waals surface area contributed by atoms with Gasteiger partial charge in [-0.1, -0.05) is 12.2 Å². The van der Waals surface area contributed by atoms with Crippen molar-refractivity contribution in [2.75, 3.05) is 0 Å². The molecule has 2 bridgehead atoms. The van der Waals surface area contributed by atoms with Crippen molar-refractivity contribution in [3.05, 3.63) is 12.2 Å². The fraction of sp³-hybridized carbons (Fsp3) is 0.636. The largest absolute Gasteiger partial charge is 0.298 e. The third-order valence-corrected chi connectivity index (χ3v) is 5.17. The number of hydrogen-bond donors (Lipinski definition) is 0. The highest BCUT2D eigenvalue weighted by Gasteiger charge is 2.52. The smallest absolute Gasteiger partial charge is 0.153 e. The van der Waals surface area contributed by atoms with Crippen molar-refractivity contribution in [1.82, 2.24) is 0 Å². The van der Waals surface area contributed by atoms with Crippen molar-refractivity contribution in [3.8, 4) is 0 Å². The van der Waals surface area contributed by atoms with Crippen molar-refractivity contribution in [2.24, 2.45) is 5.92 Å². The zero-order valence-electron chi connectivity index (χ0n) is 8.45. The molecule has 0 amide bonds. The molecule has 14 heavy (non-hydrogen) atoms. The van der Waals surface area contributed by atoms with Crippen molar-refractivity contribution < 1.29 is 9.59 Å². The average molecular weight is 210 g/mol. The molecule has 1 saturated heterocycles. The van der Waals surface area contributed by atoms with Crippen LogP contribution >= 0.6 is 11.8 Å². The van der Waals surface area contributed by atoms with E-state index in [1.54, 1.807) is 25.6 Å². The van der Waals surface area contributed by atoms with E-state index in [-0.39, 0.29) is 17.5 Å². The van der Waals surface area contributed by atoms with Crippen molar-refractivity contribution in [3.63, 3.8) is 0 Å². The van der Waals surface area contributed by atoms with Crippen LogP contribution in [0.15, 0.2) is 12.2 Å². The molecule has 0 spiro atoms. The van der Waals surface area contributed by atoms with Crippen LogP contribution < -0.4 is 0 Å². The summed E-state index contributed by atoms with van der Waals surface area (Å²) in [7, 11) is 0. The lowest BCUT2D eigenvalue weighted by atomic mass is 9.78. The number of thioether (sulfide) groups is 1. The minimum absolute atomic E-state index is 0.0223. The summed E-state index contributed by atoms with van der Waals surface area (Å²) in [5.41, 5.74) is 0. The molecule has 3 rings (SSSR count). The van der Waals surface area contributed by atoms with Crippen LogP contribution in [0, 0.1) is 5.92 Å². The number of rotatable bonds is 2. The second-order valence-corrected chi connectivity index (χ2v) is 5.56. The molecule has 1 aliphatic carbocycles. The van der Waals surface area contributed by atoms with Gasteiger partial charge in [0.1, 0.15) is 4.75 Å². The molecule has 0 saturated carbocycles. The molecule has 2 nitrogen and oxygen atoms in total. The zero-order valence-corrected chi connectivity index (χ0v) is 9.26. The van der Waals surface area contributed by atoms with Gasteiger partial charge in [-0.3, -0.25) is 9.59 Å². The monoisotopic (exact) mass is 210 g/mol. The maximum absolute atomic E-state index is 11.7. The minimum Gasteiger partial charge on any atom is -0.298 e. The molecule has 3 aliphatic rings. The lowest BCUT2D eigenvalue weighted by Crippen LogP contribution is -2.52. The lowest BCUT2D eigenvalue weighted by Gasteiger charge is -2.44.